The molecule has 2 aromatic rings. The van der Waals surface area contributed by atoms with Crippen LogP contribution in [0, 0.1) is 6.92 Å². The Labute approximate surface area is 112 Å². The number of carbonyl (C=O) groups is 1. The van der Waals surface area contributed by atoms with Crippen LogP contribution in [0.4, 0.5) is 5.69 Å². The summed E-state index contributed by atoms with van der Waals surface area (Å²) in [4.78, 5) is 13.9. The fourth-order valence-electron chi connectivity index (χ4n) is 1.76. The molecule has 0 unspecified atom stereocenters. The Morgan fingerprint density at radius 2 is 2.06 bits per heavy atom. The fourth-order valence-corrected chi connectivity index (χ4v) is 1.94. The number of rotatable bonds is 2. The maximum Gasteiger partial charge on any atom is 0.274 e. The SMILES string of the molecule is Cc1ccc(N(C)C(=O)c2cccn2C)cc1Cl. The molecule has 94 valence electrons. The number of nitrogens with zero attached hydrogens (tertiary/aromatic N) is 2. The summed E-state index contributed by atoms with van der Waals surface area (Å²) in [5.74, 6) is -0.0533. The summed E-state index contributed by atoms with van der Waals surface area (Å²) in [6.07, 6.45) is 1.85. The highest BCUT2D eigenvalue weighted by Crippen LogP contribution is 2.23. The zero-order valence-corrected chi connectivity index (χ0v) is 11.4. The van der Waals surface area contributed by atoms with Crippen molar-refractivity contribution in [1.82, 2.24) is 4.57 Å². The molecule has 0 aliphatic heterocycles. The lowest BCUT2D eigenvalue weighted by Crippen LogP contribution is -2.27. The van der Waals surface area contributed by atoms with Gasteiger partial charge in [-0.2, -0.15) is 0 Å². The van der Waals surface area contributed by atoms with Crippen molar-refractivity contribution < 1.29 is 4.79 Å². The second-order valence-corrected chi connectivity index (χ2v) is 4.71. The fraction of sp³-hybridized carbons (Fsp3) is 0.214. The average molecular weight is 263 g/mol. The van der Waals surface area contributed by atoms with Gasteiger partial charge in [-0.15, -0.1) is 0 Å². The van der Waals surface area contributed by atoms with Crippen LogP contribution in [0.1, 0.15) is 16.1 Å². The van der Waals surface area contributed by atoms with Crippen LogP contribution in [0.5, 0.6) is 0 Å². The van der Waals surface area contributed by atoms with Gasteiger partial charge in [0.05, 0.1) is 0 Å². The monoisotopic (exact) mass is 262 g/mol. The van der Waals surface area contributed by atoms with Crippen LogP contribution >= 0.6 is 11.6 Å². The smallest absolute Gasteiger partial charge is 0.274 e. The van der Waals surface area contributed by atoms with Crippen molar-refractivity contribution in [2.75, 3.05) is 11.9 Å². The predicted octanol–water partition coefficient (Wildman–Crippen LogP) is 3.26. The van der Waals surface area contributed by atoms with Gasteiger partial charge in [0.2, 0.25) is 0 Å². The van der Waals surface area contributed by atoms with E-state index in [1.54, 1.807) is 28.6 Å². The molecular formula is C14H15ClN2O. The molecule has 18 heavy (non-hydrogen) atoms. The van der Waals surface area contributed by atoms with E-state index in [-0.39, 0.29) is 5.91 Å². The summed E-state index contributed by atoms with van der Waals surface area (Å²) >= 11 is 6.08. The largest absolute Gasteiger partial charge is 0.347 e. The van der Waals surface area contributed by atoms with Crippen LogP contribution in [0.3, 0.4) is 0 Å². The standard InChI is InChI=1S/C14H15ClN2O/c1-10-6-7-11(9-12(10)15)17(3)14(18)13-5-4-8-16(13)2/h4-9H,1-3H3. The van der Waals surface area contributed by atoms with Gasteiger partial charge in [0, 0.05) is 31.0 Å². The zero-order valence-electron chi connectivity index (χ0n) is 10.6. The first-order valence-corrected chi connectivity index (χ1v) is 6.04. The molecule has 1 amide bonds. The first-order chi connectivity index (χ1) is 8.50. The van der Waals surface area contributed by atoms with Crippen LogP contribution in [0.2, 0.25) is 5.02 Å². The van der Waals surface area contributed by atoms with Crippen molar-refractivity contribution >= 4 is 23.2 Å². The van der Waals surface area contributed by atoms with Gasteiger partial charge >= 0.3 is 0 Å². The first-order valence-electron chi connectivity index (χ1n) is 5.66. The van der Waals surface area contributed by atoms with E-state index in [0.29, 0.717) is 10.7 Å². The van der Waals surface area contributed by atoms with Gasteiger partial charge in [0.15, 0.2) is 0 Å². The van der Waals surface area contributed by atoms with E-state index in [2.05, 4.69) is 0 Å². The second kappa shape index (κ2) is 4.86. The molecule has 0 atom stereocenters. The van der Waals surface area contributed by atoms with E-state index < -0.39 is 0 Å². The second-order valence-electron chi connectivity index (χ2n) is 4.30. The van der Waals surface area contributed by atoms with E-state index in [0.717, 1.165) is 11.3 Å². The van der Waals surface area contributed by atoms with Crippen LogP contribution in [0.25, 0.3) is 0 Å². The number of hydrogen-bond acceptors (Lipinski definition) is 1. The molecule has 0 fully saturated rings. The Morgan fingerprint density at radius 1 is 1.33 bits per heavy atom. The first kappa shape index (κ1) is 12.7. The Bertz CT molecular complexity index is 589. The van der Waals surface area contributed by atoms with Crippen molar-refractivity contribution in [2.45, 2.75) is 6.92 Å². The van der Waals surface area contributed by atoms with Crippen LogP contribution in [-0.4, -0.2) is 17.5 Å². The number of anilines is 1. The Morgan fingerprint density at radius 3 is 2.61 bits per heavy atom. The molecule has 1 heterocycles. The van der Waals surface area contributed by atoms with Crippen molar-refractivity contribution in [3.63, 3.8) is 0 Å². The maximum absolute atomic E-state index is 12.3. The lowest BCUT2D eigenvalue weighted by molar-refractivity contribution is 0.0985. The maximum atomic E-state index is 12.3. The highest BCUT2D eigenvalue weighted by Gasteiger charge is 2.16. The van der Waals surface area contributed by atoms with E-state index in [9.17, 15) is 4.79 Å². The molecule has 0 aliphatic rings. The van der Waals surface area contributed by atoms with E-state index in [4.69, 9.17) is 11.6 Å². The number of carbonyl (C=O) groups excluding carboxylic acids is 1. The molecule has 0 saturated heterocycles. The molecule has 2 rings (SSSR count). The van der Waals surface area contributed by atoms with Crippen molar-refractivity contribution in [2.24, 2.45) is 7.05 Å². The molecule has 0 spiro atoms. The highest BCUT2D eigenvalue weighted by atomic mass is 35.5. The summed E-state index contributed by atoms with van der Waals surface area (Å²) in [5, 5.41) is 0.666. The van der Waals surface area contributed by atoms with Crippen molar-refractivity contribution in [3.8, 4) is 0 Å². The third kappa shape index (κ3) is 2.27. The topological polar surface area (TPSA) is 25.2 Å². The summed E-state index contributed by atoms with van der Waals surface area (Å²) in [5.41, 5.74) is 2.44. The number of halogens is 1. The molecular weight excluding hydrogens is 248 g/mol. The van der Waals surface area contributed by atoms with Crippen molar-refractivity contribution in [1.29, 1.82) is 0 Å². The van der Waals surface area contributed by atoms with Crippen LogP contribution in [-0.2, 0) is 7.05 Å². The Kier molecular flexibility index (Phi) is 3.43. The van der Waals surface area contributed by atoms with E-state index >= 15 is 0 Å². The Balaban J connectivity index is 2.31. The average Bonchev–Trinajstić information content (AvgIpc) is 2.77. The number of aromatic nitrogens is 1. The minimum Gasteiger partial charge on any atom is -0.347 e. The molecule has 0 N–H and O–H groups in total. The van der Waals surface area contributed by atoms with Gasteiger partial charge in [-0.3, -0.25) is 4.79 Å². The summed E-state index contributed by atoms with van der Waals surface area (Å²) in [6.45, 7) is 1.94. The summed E-state index contributed by atoms with van der Waals surface area (Å²) in [7, 11) is 3.60. The van der Waals surface area contributed by atoms with Crippen LogP contribution in [0.15, 0.2) is 36.5 Å². The van der Waals surface area contributed by atoms with E-state index in [1.807, 2.05) is 38.4 Å². The predicted molar refractivity (Wildman–Crippen MR) is 74.3 cm³/mol. The lowest BCUT2D eigenvalue weighted by Gasteiger charge is -2.18. The molecule has 3 nitrogen and oxygen atoms in total. The molecule has 0 saturated carbocycles. The highest BCUT2D eigenvalue weighted by molar-refractivity contribution is 6.31. The minimum absolute atomic E-state index is 0.0533. The third-order valence-corrected chi connectivity index (χ3v) is 3.42. The molecule has 0 aliphatic carbocycles. The molecule has 0 radical (unpaired) electrons. The Hall–Kier alpha value is -1.74. The molecule has 0 bridgehead atoms. The number of benzene rings is 1. The number of amides is 1. The van der Waals surface area contributed by atoms with Gasteiger partial charge in [-0.05, 0) is 36.8 Å². The molecule has 1 aromatic carbocycles. The summed E-state index contributed by atoms with van der Waals surface area (Å²) < 4.78 is 1.80. The molecule has 4 heteroatoms. The number of aryl methyl sites for hydroxylation is 2. The quantitative estimate of drug-likeness (QED) is 0.816. The van der Waals surface area contributed by atoms with E-state index in [1.165, 1.54) is 0 Å². The van der Waals surface area contributed by atoms with Gasteiger partial charge in [0.1, 0.15) is 5.69 Å². The lowest BCUT2D eigenvalue weighted by atomic mass is 10.2. The van der Waals surface area contributed by atoms with Crippen molar-refractivity contribution in [3.05, 3.63) is 52.8 Å². The van der Waals surface area contributed by atoms with Crippen LogP contribution < -0.4 is 4.90 Å². The van der Waals surface area contributed by atoms with Gasteiger partial charge < -0.3 is 9.47 Å². The van der Waals surface area contributed by atoms with Gasteiger partial charge in [-0.25, -0.2) is 0 Å². The minimum atomic E-state index is -0.0533. The number of hydrogen-bond donors (Lipinski definition) is 0. The van der Waals surface area contributed by atoms with Gasteiger partial charge in [-0.1, -0.05) is 17.7 Å². The van der Waals surface area contributed by atoms with Gasteiger partial charge in [0.25, 0.3) is 5.91 Å². The summed E-state index contributed by atoms with van der Waals surface area (Å²) in [6, 6.07) is 9.25. The third-order valence-electron chi connectivity index (χ3n) is 3.01. The normalized spacial score (nSPS) is 10.4. The zero-order chi connectivity index (χ0) is 13.3. The molecule has 1 aromatic heterocycles.